The van der Waals surface area contributed by atoms with Crippen LogP contribution in [-0.4, -0.2) is 47.2 Å². The number of anilines is 3. The molecule has 1 saturated heterocycles. The zero-order chi connectivity index (χ0) is 22.5. The predicted molar refractivity (Wildman–Crippen MR) is 125 cm³/mol. The minimum atomic E-state index is -0.792. The third kappa shape index (κ3) is 3.63. The lowest BCUT2D eigenvalue weighted by molar-refractivity contribution is -0.117. The molecule has 168 valence electrons. The summed E-state index contributed by atoms with van der Waals surface area (Å²) in [6, 6.07) is 7.57. The number of carbonyl (C=O) groups excluding carboxylic acids is 1. The quantitative estimate of drug-likeness (QED) is 0.470. The number of halogens is 1. The van der Waals surface area contributed by atoms with Crippen molar-refractivity contribution >= 4 is 45.1 Å². The summed E-state index contributed by atoms with van der Waals surface area (Å²) in [4.78, 5) is 27.9. The van der Waals surface area contributed by atoms with E-state index in [1.54, 1.807) is 19.4 Å². The van der Waals surface area contributed by atoms with E-state index in [9.17, 15) is 9.18 Å². The number of fused-ring (bicyclic) bond motifs is 2. The molecule has 4 heterocycles. The van der Waals surface area contributed by atoms with E-state index in [2.05, 4.69) is 20.6 Å². The monoisotopic (exact) mass is 446 g/mol. The molecule has 1 amide bonds. The fraction of sp³-hybridized carbons (Fsp3) is 0.333. The molecule has 2 fully saturated rings. The zero-order valence-electron chi connectivity index (χ0n) is 18.1. The van der Waals surface area contributed by atoms with Crippen molar-refractivity contribution in [2.24, 2.45) is 5.92 Å². The first-order valence-corrected chi connectivity index (χ1v) is 11.2. The first-order chi connectivity index (χ1) is 16.1. The van der Waals surface area contributed by atoms with Gasteiger partial charge in [0.25, 0.3) is 0 Å². The van der Waals surface area contributed by atoms with Gasteiger partial charge in [-0.2, -0.15) is 0 Å². The lowest BCUT2D eigenvalue weighted by Gasteiger charge is -2.16. The summed E-state index contributed by atoms with van der Waals surface area (Å²) in [5.74, 6) is 1.68. The predicted octanol–water partition coefficient (Wildman–Crippen LogP) is 4.38. The van der Waals surface area contributed by atoms with Crippen molar-refractivity contribution in [2.75, 3.05) is 35.7 Å². The molecule has 4 aromatic rings. The number of nitrogens with one attached hydrogen (secondary N) is 2. The average Bonchev–Trinajstić information content (AvgIpc) is 3.46. The second kappa shape index (κ2) is 7.68. The smallest absolute Gasteiger partial charge is 0.229 e. The zero-order valence-corrected chi connectivity index (χ0v) is 18.1. The Labute approximate surface area is 189 Å². The van der Waals surface area contributed by atoms with Gasteiger partial charge in [0.05, 0.1) is 5.56 Å². The number of aromatic nitrogens is 3. The second-order valence-electron chi connectivity index (χ2n) is 8.65. The molecule has 1 aromatic carbocycles. The van der Waals surface area contributed by atoms with Gasteiger partial charge in [0.2, 0.25) is 11.8 Å². The number of amides is 1. The Balaban J connectivity index is 1.42. The third-order valence-electron chi connectivity index (χ3n) is 6.31. The van der Waals surface area contributed by atoms with E-state index >= 15 is 0 Å². The molecule has 9 heteroatoms. The van der Waals surface area contributed by atoms with Crippen LogP contribution in [0.3, 0.4) is 0 Å². The van der Waals surface area contributed by atoms with Crippen LogP contribution in [0.1, 0.15) is 19.3 Å². The van der Waals surface area contributed by atoms with Gasteiger partial charge in [-0.25, -0.2) is 19.3 Å². The maximum Gasteiger partial charge on any atom is 0.229 e. The molecule has 1 saturated carbocycles. The van der Waals surface area contributed by atoms with Crippen molar-refractivity contribution in [1.82, 2.24) is 15.0 Å². The number of hydrogen-bond acceptors (Lipinski definition) is 7. The highest BCUT2D eigenvalue weighted by Gasteiger charge is 2.30. The molecule has 8 nitrogen and oxygen atoms in total. The number of rotatable bonds is 5. The Hall–Kier alpha value is -3.75. The number of hydrogen-bond donors (Lipinski definition) is 2. The summed E-state index contributed by atoms with van der Waals surface area (Å²) < 4.78 is 19.7. The van der Waals surface area contributed by atoms with E-state index in [0.717, 1.165) is 29.3 Å². The van der Waals surface area contributed by atoms with Gasteiger partial charge < -0.3 is 20.0 Å². The summed E-state index contributed by atoms with van der Waals surface area (Å²) in [6.07, 6.45) is 5.01. The van der Waals surface area contributed by atoms with E-state index in [1.807, 2.05) is 29.2 Å². The van der Waals surface area contributed by atoms with E-state index in [-0.39, 0.29) is 11.8 Å². The Morgan fingerprint density at radius 3 is 2.79 bits per heavy atom. The third-order valence-corrected chi connectivity index (χ3v) is 6.31. The molecule has 6 rings (SSSR count). The lowest BCUT2D eigenvalue weighted by atomic mass is 10.1. The molecule has 0 bridgehead atoms. The Kier molecular flexibility index (Phi) is 4.63. The van der Waals surface area contributed by atoms with Gasteiger partial charge in [-0.3, -0.25) is 4.79 Å². The van der Waals surface area contributed by atoms with Crippen LogP contribution in [0.25, 0.3) is 33.3 Å². The SMILES string of the molecule is CNc1ncc(-c2nc3cc(N4CC[C@@H](F)C4)ccc3o2)c2cc(NC(=O)C3CC3)ncc12. The van der Waals surface area contributed by atoms with E-state index in [4.69, 9.17) is 9.40 Å². The number of alkyl halides is 1. The fourth-order valence-electron chi connectivity index (χ4n) is 4.33. The molecule has 1 aliphatic heterocycles. The molecule has 0 radical (unpaired) electrons. The Bertz CT molecular complexity index is 1380. The van der Waals surface area contributed by atoms with Crippen molar-refractivity contribution in [3.8, 4) is 11.5 Å². The normalized spacial score (nSPS) is 18.2. The van der Waals surface area contributed by atoms with Gasteiger partial charge in [-0.05, 0) is 43.5 Å². The number of oxazole rings is 1. The molecule has 1 aliphatic carbocycles. The maximum absolute atomic E-state index is 13.6. The second-order valence-corrected chi connectivity index (χ2v) is 8.65. The van der Waals surface area contributed by atoms with Crippen LogP contribution >= 0.6 is 0 Å². The maximum atomic E-state index is 13.6. The largest absolute Gasteiger partial charge is 0.436 e. The fourth-order valence-corrected chi connectivity index (χ4v) is 4.33. The number of nitrogens with zero attached hydrogens (tertiary/aromatic N) is 4. The summed E-state index contributed by atoms with van der Waals surface area (Å²) >= 11 is 0. The van der Waals surface area contributed by atoms with E-state index in [1.165, 1.54) is 0 Å². The highest BCUT2D eigenvalue weighted by molar-refractivity contribution is 6.03. The molecule has 0 spiro atoms. The van der Waals surface area contributed by atoms with Gasteiger partial charge in [0.1, 0.15) is 23.3 Å². The van der Waals surface area contributed by atoms with Crippen LogP contribution in [0.2, 0.25) is 0 Å². The first kappa shape index (κ1) is 19.9. The number of pyridine rings is 2. The Morgan fingerprint density at radius 1 is 1.15 bits per heavy atom. The summed E-state index contributed by atoms with van der Waals surface area (Å²) in [7, 11) is 1.80. The van der Waals surface area contributed by atoms with Gasteiger partial charge in [0.15, 0.2) is 5.58 Å². The van der Waals surface area contributed by atoms with E-state index < -0.39 is 6.17 Å². The molecule has 1 atom stereocenters. The average molecular weight is 446 g/mol. The van der Waals surface area contributed by atoms with Gasteiger partial charge in [-0.1, -0.05) is 0 Å². The standard InChI is InChI=1S/C24H23FN6O2/c1-26-22-17-10-27-21(30-23(32)13-2-3-13)9-16(17)18(11-28-22)24-29-19-8-15(4-5-20(19)33-24)31-7-6-14(25)12-31/h4-5,8-11,13-14H,2-3,6-7,12H2,1H3,(H,26,28)(H,27,30,32)/t14-/m1/s1. The van der Waals surface area contributed by atoms with Crippen LogP contribution in [0.15, 0.2) is 41.1 Å². The van der Waals surface area contributed by atoms with Crippen LogP contribution < -0.4 is 15.5 Å². The first-order valence-electron chi connectivity index (χ1n) is 11.2. The van der Waals surface area contributed by atoms with Crippen LogP contribution in [0, 0.1) is 5.92 Å². The van der Waals surface area contributed by atoms with Gasteiger partial charge in [-0.15, -0.1) is 0 Å². The molecule has 3 aromatic heterocycles. The molecular formula is C24H23FN6O2. The van der Waals surface area contributed by atoms with Gasteiger partial charge in [0, 0.05) is 54.9 Å². The molecular weight excluding hydrogens is 423 g/mol. The van der Waals surface area contributed by atoms with Crippen molar-refractivity contribution in [2.45, 2.75) is 25.4 Å². The van der Waals surface area contributed by atoms with E-state index in [0.29, 0.717) is 53.7 Å². The summed E-state index contributed by atoms with van der Waals surface area (Å²) in [5, 5.41) is 7.60. The van der Waals surface area contributed by atoms with Crippen LogP contribution in [0.5, 0.6) is 0 Å². The molecule has 0 unspecified atom stereocenters. The van der Waals surface area contributed by atoms with Crippen molar-refractivity contribution in [1.29, 1.82) is 0 Å². The lowest BCUT2D eigenvalue weighted by Crippen LogP contribution is -2.19. The minimum Gasteiger partial charge on any atom is -0.436 e. The van der Waals surface area contributed by atoms with Crippen molar-refractivity contribution in [3.63, 3.8) is 0 Å². The van der Waals surface area contributed by atoms with Crippen LogP contribution in [0.4, 0.5) is 21.7 Å². The molecule has 2 aliphatic rings. The Morgan fingerprint density at radius 2 is 2.03 bits per heavy atom. The molecule has 33 heavy (non-hydrogen) atoms. The summed E-state index contributed by atoms with van der Waals surface area (Å²) in [6.45, 7) is 1.10. The summed E-state index contributed by atoms with van der Waals surface area (Å²) in [5.41, 5.74) is 2.99. The van der Waals surface area contributed by atoms with Crippen molar-refractivity contribution < 1.29 is 13.6 Å². The highest BCUT2D eigenvalue weighted by Crippen LogP contribution is 2.35. The van der Waals surface area contributed by atoms with Crippen molar-refractivity contribution in [3.05, 3.63) is 36.7 Å². The van der Waals surface area contributed by atoms with Gasteiger partial charge >= 0.3 is 0 Å². The highest BCUT2D eigenvalue weighted by atomic mass is 19.1. The molecule has 2 N–H and O–H groups in total. The minimum absolute atomic E-state index is 0.00174. The number of carbonyl (C=O) groups is 1. The van der Waals surface area contributed by atoms with Crippen LogP contribution in [-0.2, 0) is 4.79 Å². The number of benzene rings is 1. The topological polar surface area (TPSA) is 96.2 Å².